The summed E-state index contributed by atoms with van der Waals surface area (Å²) in [7, 11) is -1.46. The third-order valence-electron chi connectivity index (χ3n) is 4.69. The Hall–Kier alpha value is -2.35. The Morgan fingerprint density at radius 3 is 2.64 bits per heavy atom. The van der Waals surface area contributed by atoms with E-state index in [9.17, 15) is 13.2 Å². The minimum Gasteiger partial charge on any atom is -0.348 e. The van der Waals surface area contributed by atoms with Gasteiger partial charge in [0, 0.05) is 37.0 Å². The number of nitrogens with one attached hydrogen (secondary N) is 1. The van der Waals surface area contributed by atoms with Crippen LogP contribution in [-0.4, -0.2) is 36.9 Å². The lowest BCUT2D eigenvalue weighted by atomic mass is 10.1. The Morgan fingerprint density at radius 1 is 1.32 bits per heavy atom. The molecule has 1 N–H and O–H groups in total. The molecule has 8 heteroatoms. The summed E-state index contributed by atoms with van der Waals surface area (Å²) in [6.45, 7) is 4.68. The molecule has 0 saturated heterocycles. The molecule has 134 valence electrons. The largest absolute Gasteiger partial charge is 0.348 e. The van der Waals surface area contributed by atoms with E-state index in [1.54, 1.807) is 16.8 Å². The van der Waals surface area contributed by atoms with Gasteiger partial charge in [-0.1, -0.05) is 6.07 Å². The van der Waals surface area contributed by atoms with Crippen molar-refractivity contribution < 1.29 is 13.2 Å². The zero-order valence-electron chi connectivity index (χ0n) is 14.8. The van der Waals surface area contributed by atoms with E-state index in [-0.39, 0.29) is 5.91 Å². The van der Waals surface area contributed by atoms with Gasteiger partial charge in [-0.05, 0) is 38.0 Å². The molecule has 0 fully saturated rings. The van der Waals surface area contributed by atoms with Crippen LogP contribution >= 0.6 is 0 Å². The monoisotopic (exact) mass is 362 g/mol. The van der Waals surface area contributed by atoms with Crippen molar-refractivity contribution in [2.75, 3.05) is 17.1 Å². The van der Waals surface area contributed by atoms with Crippen LogP contribution in [0.15, 0.2) is 18.2 Å². The highest BCUT2D eigenvalue weighted by molar-refractivity contribution is 7.92. The fourth-order valence-electron chi connectivity index (χ4n) is 3.18. The van der Waals surface area contributed by atoms with E-state index < -0.39 is 10.0 Å². The highest BCUT2D eigenvalue weighted by atomic mass is 32.2. The zero-order valence-corrected chi connectivity index (χ0v) is 15.6. The SMILES string of the molecule is Cc1nn(C)c(C)c1CNC(=O)c1ccc2c(c1)N(S(C)(=O)=O)CC2. The third kappa shape index (κ3) is 3.26. The van der Waals surface area contributed by atoms with Crippen LogP contribution < -0.4 is 9.62 Å². The summed E-state index contributed by atoms with van der Waals surface area (Å²) < 4.78 is 26.9. The van der Waals surface area contributed by atoms with E-state index in [0.717, 1.165) is 22.5 Å². The Labute approximate surface area is 147 Å². The molecule has 2 heterocycles. The molecular weight excluding hydrogens is 340 g/mol. The van der Waals surface area contributed by atoms with Crippen LogP contribution in [0.3, 0.4) is 0 Å². The molecule has 1 aromatic carbocycles. The second-order valence-electron chi connectivity index (χ2n) is 6.38. The lowest BCUT2D eigenvalue weighted by Crippen LogP contribution is -2.28. The number of carbonyl (C=O) groups is 1. The number of nitrogens with zero attached hydrogens (tertiary/aromatic N) is 3. The van der Waals surface area contributed by atoms with Crippen LogP contribution in [0.25, 0.3) is 0 Å². The maximum absolute atomic E-state index is 12.5. The van der Waals surface area contributed by atoms with Gasteiger partial charge in [-0.3, -0.25) is 13.8 Å². The summed E-state index contributed by atoms with van der Waals surface area (Å²) in [5.41, 5.74) is 4.89. The first-order valence-electron chi connectivity index (χ1n) is 8.06. The minimum absolute atomic E-state index is 0.231. The molecule has 0 saturated carbocycles. The lowest BCUT2D eigenvalue weighted by molar-refractivity contribution is 0.0951. The summed E-state index contributed by atoms with van der Waals surface area (Å²) in [5, 5.41) is 7.23. The van der Waals surface area contributed by atoms with Crippen LogP contribution in [0.2, 0.25) is 0 Å². The molecule has 0 bridgehead atoms. The van der Waals surface area contributed by atoms with Gasteiger partial charge in [0.05, 0.1) is 17.6 Å². The molecule has 0 unspecified atom stereocenters. The standard InChI is InChI=1S/C17H22N4O3S/c1-11-15(12(2)20(3)19-11)10-18-17(22)14-6-5-13-7-8-21(16(13)9-14)25(4,23)24/h5-6,9H,7-8,10H2,1-4H3,(H,18,22). The molecule has 1 amide bonds. The molecule has 1 aliphatic rings. The Balaban J connectivity index is 1.80. The predicted octanol–water partition coefficient (Wildman–Crippen LogP) is 1.29. The van der Waals surface area contributed by atoms with Crippen LogP contribution in [0.4, 0.5) is 5.69 Å². The van der Waals surface area contributed by atoms with Crippen LogP contribution in [0.1, 0.15) is 32.9 Å². The van der Waals surface area contributed by atoms with Gasteiger partial charge in [0.15, 0.2) is 0 Å². The van der Waals surface area contributed by atoms with Gasteiger partial charge < -0.3 is 5.32 Å². The average molecular weight is 362 g/mol. The molecule has 0 spiro atoms. The summed E-state index contributed by atoms with van der Waals surface area (Å²) in [4.78, 5) is 12.5. The van der Waals surface area contributed by atoms with E-state index in [4.69, 9.17) is 0 Å². The fraction of sp³-hybridized carbons (Fsp3) is 0.412. The molecule has 1 aromatic heterocycles. The summed E-state index contributed by atoms with van der Waals surface area (Å²) in [6, 6.07) is 5.22. The maximum atomic E-state index is 12.5. The number of benzene rings is 1. The number of sulfonamides is 1. The summed E-state index contributed by atoms with van der Waals surface area (Å²) in [6.07, 6.45) is 1.85. The van der Waals surface area contributed by atoms with Crippen molar-refractivity contribution in [1.82, 2.24) is 15.1 Å². The topological polar surface area (TPSA) is 84.3 Å². The Morgan fingerprint density at radius 2 is 2.04 bits per heavy atom. The Bertz CT molecular complexity index is 947. The van der Waals surface area contributed by atoms with Crippen LogP contribution in [-0.2, 0) is 30.0 Å². The van der Waals surface area contributed by atoms with Crippen molar-refractivity contribution in [2.45, 2.75) is 26.8 Å². The third-order valence-corrected chi connectivity index (χ3v) is 5.87. The quantitative estimate of drug-likeness (QED) is 0.888. The molecule has 0 radical (unpaired) electrons. The molecule has 25 heavy (non-hydrogen) atoms. The fourth-order valence-corrected chi connectivity index (χ4v) is 4.13. The van der Waals surface area contributed by atoms with Crippen molar-refractivity contribution in [3.63, 3.8) is 0 Å². The highest BCUT2D eigenvalue weighted by Crippen LogP contribution is 2.30. The number of fused-ring (bicyclic) bond motifs is 1. The van der Waals surface area contributed by atoms with E-state index in [2.05, 4.69) is 10.4 Å². The number of amides is 1. The zero-order chi connectivity index (χ0) is 18.4. The van der Waals surface area contributed by atoms with E-state index in [1.165, 1.54) is 10.6 Å². The number of rotatable bonds is 4. The van der Waals surface area contributed by atoms with E-state index >= 15 is 0 Å². The highest BCUT2D eigenvalue weighted by Gasteiger charge is 2.27. The number of hydrogen-bond acceptors (Lipinski definition) is 4. The maximum Gasteiger partial charge on any atom is 0.251 e. The number of carbonyl (C=O) groups excluding carboxylic acids is 1. The van der Waals surface area contributed by atoms with Crippen molar-refractivity contribution in [3.05, 3.63) is 46.3 Å². The van der Waals surface area contributed by atoms with Gasteiger partial charge >= 0.3 is 0 Å². The Kier molecular flexibility index (Phi) is 4.32. The lowest BCUT2D eigenvalue weighted by Gasteiger charge is -2.17. The van der Waals surface area contributed by atoms with Gasteiger partial charge in [-0.2, -0.15) is 5.10 Å². The van der Waals surface area contributed by atoms with E-state index in [1.807, 2.05) is 27.0 Å². The number of hydrogen-bond donors (Lipinski definition) is 1. The normalized spacial score (nSPS) is 13.8. The van der Waals surface area contributed by atoms with Crippen LogP contribution in [0.5, 0.6) is 0 Å². The van der Waals surface area contributed by atoms with Crippen molar-refractivity contribution in [3.8, 4) is 0 Å². The first-order chi connectivity index (χ1) is 11.7. The molecule has 7 nitrogen and oxygen atoms in total. The molecule has 1 aliphatic heterocycles. The number of anilines is 1. The summed E-state index contributed by atoms with van der Waals surface area (Å²) in [5.74, 6) is -0.231. The van der Waals surface area contributed by atoms with Gasteiger partial charge in [0.2, 0.25) is 10.0 Å². The van der Waals surface area contributed by atoms with Gasteiger partial charge in [0.1, 0.15) is 0 Å². The van der Waals surface area contributed by atoms with Gasteiger partial charge in [-0.15, -0.1) is 0 Å². The van der Waals surface area contributed by atoms with E-state index in [0.29, 0.717) is 30.8 Å². The molecule has 2 aromatic rings. The average Bonchev–Trinajstić information content (AvgIpc) is 3.06. The first kappa shape index (κ1) is 17.5. The number of aryl methyl sites for hydroxylation is 2. The molecule has 0 aliphatic carbocycles. The predicted molar refractivity (Wildman–Crippen MR) is 96.2 cm³/mol. The number of aromatic nitrogens is 2. The second kappa shape index (κ2) is 6.18. The molecular formula is C17H22N4O3S. The molecule has 3 rings (SSSR count). The summed E-state index contributed by atoms with van der Waals surface area (Å²) >= 11 is 0. The first-order valence-corrected chi connectivity index (χ1v) is 9.91. The van der Waals surface area contributed by atoms with Crippen molar-refractivity contribution in [2.24, 2.45) is 7.05 Å². The minimum atomic E-state index is -3.33. The van der Waals surface area contributed by atoms with Crippen LogP contribution in [0, 0.1) is 13.8 Å². The van der Waals surface area contributed by atoms with Gasteiger partial charge in [0.25, 0.3) is 5.91 Å². The second-order valence-corrected chi connectivity index (χ2v) is 8.29. The van der Waals surface area contributed by atoms with Crippen molar-refractivity contribution in [1.29, 1.82) is 0 Å². The van der Waals surface area contributed by atoms with Gasteiger partial charge in [-0.25, -0.2) is 8.42 Å². The van der Waals surface area contributed by atoms with Crippen molar-refractivity contribution >= 4 is 21.6 Å². The smallest absolute Gasteiger partial charge is 0.251 e. The molecule has 0 atom stereocenters.